The molecular weight excluding hydrogens is 647 g/mol. The number of quaternary nitrogens is 1. The van der Waals surface area contributed by atoms with Gasteiger partial charge >= 0.3 is 0 Å². The lowest BCUT2D eigenvalue weighted by atomic mass is 10.0. The van der Waals surface area contributed by atoms with E-state index >= 15 is 0 Å². The zero-order valence-electron chi connectivity index (χ0n) is 33.6. The number of unbranched alkanes of at least 4 members (excludes halogenated alkanes) is 25. The third-order valence-corrected chi connectivity index (χ3v) is 10.5. The summed E-state index contributed by atoms with van der Waals surface area (Å²) >= 11 is 0. The van der Waals surface area contributed by atoms with E-state index in [4.69, 9.17) is 9.05 Å². The zero-order valence-corrected chi connectivity index (χ0v) is 34.5. The maximum absolute atomic E-state index is 12.8. The summed E-state index contributed by atoms with van der Waals surface area (Å²) in [6.45, 7) is 4.63. The number of aliphatic hydroxyl groups is 1. The summed E-state index contributed by atoms with van der Waals surface area (Å²) in [4.78, 5) is 25.2. The van der Waals surface area contributed by atoms with Gasteiger partial charge in [0.1, 0.15) is 13.2 Å². The number of nitrogens with zero attached hydrogens (tertiary/aromatic N) is 1. The number of rotatable bonds is 38. The van der Waals surface area contributed by atoms with Crippen LogP contribution in [0.1, 0.15) is 194 Å². The topological polar surface area (TPSA) is 108 Å². The van der Waals surface area contributed by atoms with Crippen LogP contribution in [0.2, 0.25) is 0 Å². The second-order valence-corrected chi connectivity index (χ2v) is 17.1. The Hall–Kier alpha value is -0.760. The van der Waals surface area contributed by atoms with E-state index in [2.05, 4.69) is 19.2 Å². The first-order valence-electron chi connectivity index (χ1n) is 21.1. The van der Waals surface area contributed by atoms with E-state index < -0.39 is 20.0 Å². The largest absolute Gasteiger partial charge is 0.756 e. The molecule has 1 unspecified atom stereocenters. The highest BCUT2D eigenvalue weighted by Gasteiger charge is 2.23. The number of likely N-dealkylation sites (N-methyl/N-ethyl adjacent to an activating group) is 1. The van der Waals surface area contributed by atoms with Gasteiger partial charge in [-0.3, -0.25) is 9.36 Å². The normalized spacial score (nSPS) is 14.6. The number of carbonyl (C=O) groups excluding carboxylic acids is 1. The van der Waals surface area contributed by atoms with E-state index in [1.165, 1.54) is 135 Å². The number of phosphoric acid groups is 1. The Kier molecular flexibility index (Phi) is 33.5. The summed E-state index contributed by atoms with van der Waals surface area (Å²) in [5, 5.41) is 13.7. The smallest absolute Gasteiger partial charge is 0.268 e. The number of phosphoric ester groups is 1. The van der Waals surface area contributed by atoms with Crippen molar-refractivity contribution in [3.8, 4) is 0 Å². The van der Waals surface area contributed by atoms with Gasteiger partial charge in [0.05, 0.1) is 39.9 Å². The van der Waals surface area contributed by atoms with Crippen molar-refractivity contribution >= 4 is 13.7 Å². The molecule has 0 heterocycles. The monoisotopic (exact) mass is 731 g/mol. The fourth-order valence-corrected chi connectivity index (χ4v) is 6.82. The molecule has 298 valence electrons. The van der Waals surface area contributed by atoms with Crippen LogP contribution in [0.4, 0.5) is 0 Å². The number of hydrogen-bond donors (Lipinski definition) is 2. The van der Waals surface area contributed by atoms with Gasteiger partial charge in [0, 0.05) is 6.42 Å². The van der Waals surface area contributed by atoms with Crippen LogP contribution in [0.5, 0.6) is 0 Å². The number of aliphatic hydroxyl groups excluding tert-OH is 1. The van der Waals surface area contributed by atoms with Gasteiger partial charge in [0.25, 0.3) is 7.82 Å². The third-order valence-electron chi connectivity index (χ3n) is 9.50. The first kappa shape index (κ1) is 49.2. The number of hydrogen-bond acceptors (Lipinski definition) is 6. The molecule has 0 aromatic rings. The molecule has 9 heteroatoms. The van der Waals surface area contributed by atoms with Crippen LogP contribution in [0.25, 0.3) is 0 Å². The molecule has 1 amide bonds. The molecule has 0 bridgehead atoms. The van der Waals surface area contributed by atoms with Gasteiger partial charge in [-0.25, -0.2) is 0 Å². The predicted molar refractivity (Wildman–Crippen MR) is 210 cm³/mol. The Labute approximate surface area is 310 Å². The highest BCUT2D eigenvalue weighted by molar-refractivity contribution is 7.45. The molecule has 0 saturated heterocycles. The van der Waals surface area contributed by atoms with Crippen molar-refractivity contribution in [3.05, 3.63) is 12.2 Å². The van der Waals surface area contributed by atoms with Crippen molar-refractivity contribution in [2.75, 3.05) is 40.9 Å². The fourth-order valence-electron chi connectivity index (χ4n) is 6.09. The van der Waals surface area contributed by atoms with Crippen molar-refractivity contribution in [2.24, 2.45) is 0 Å². The number of carbonyl (C=O) groups is 1. The third kappa shape index (κ3) is 35.6. The fraction of sp³-hybridized carbons (Fsp3) is 0.927. The summed E-state index contributed by atoms with van der Waals surface area (Å²) < 4.78 is 23.1. The van der Waals surface area contributed by atoms with Gasteiger partial charge in [0.2, 0.25) is 5.91 Å². The molecule has 0 saturated carbocycles. The van der Waals surface area contributed by atoms with Crippen molar-refractivity contribution in [1.82, 2.24) is 5.32 Å². The summed E-state index contributed by atoms with van der Waals surface area (Å²) in [5.41, 5.74) is 0. The molecular formula is C41H83N2O6P. The Morgan fingerprint density at radius 2 is 1.08 bits per heavy atom. The SMILES string of the molecule is CCCCCCCCCC/C=C/[C@@H](O)[C@H](COP(=O)([O-])OCC[N+](C)(C)C)NC(=O)CCCCCCCCCCCCCCCCCCCC. The molecule has 2 N–H and O–H groups in total. The highest BCUT2D eigenvalue weighted by Crippen LogP contribution is 2.38. The molecule has 0 fully saturated rings. The zero-order chi connectivity index (χ0) is 37.2. The molecule has 0 aliphatic rings. The number of nitrogens with one attached hydrogen (secondary N) is 1. The maximum atomic E-state index is 12.8. The molecule has 50 heavy (non-hydrogen) atoms. The van der Waals surface area contributed by atoms with Gasteiger partial charge in [-0.1, -0.05) is 180 Å². The minimum absolute atomic E-state index is 0.00171. The van der Waals surface area contributed by atoms with E-state index in [1.54, 1.807) is 6.08 Å². The van der Waals surface area contributed by atoms with E-state index in [1.807, 2.05) is 27.2 Å². The Balaban J connectivity index is 4.34. The molecule has 0 rings (SSSR count). The minimum atomic E-state index is -4.57. The lowest BCUT2D eigenvalue weighted by Crippen LogP contribution is -2.45. The van der Waals surface area contributed by atoms with E-state index in [0.29, 0.717) is 17.4 Å². The van der Waals surface area contributed by atoms with E-state index in [9.17, 15) is 19.4 Å². The van der Waals surface area contributed by atoms with Crippen molar-refractivity contribution < 1.29 is 32.9 Å². The summed E-state index contributed by atoms with van der Waals surface area (Å²) in [6, 6.07) is -0.878. The molecule has 0 aliphatic carbocycles. The van der Waals surface area contributed by atoms with Gasteiger partial charge < -0.3 is 28.8 Å². The lowest BCUT2D eigenvalue weighted by molar-refractivity contribution is -0.870. The van der Waals surface area contributed by atoms with Crippen molar-refractivity contribution in [3.63, 3.8) is 0 Å². The van der Waals surface area contributed by atoms with Crippen LogP contribution in [0.3, 0.4) is 0 Å². The maximum Gasteiger partial charge on any atom is 0.268 e. The molecule has 8 nitrogen and oxygen atoms in total. The molecule has 0 aliphatic heterocycles. The molecule has 0 radical (unpaired) electrons. The van der Waals surface area contributed by atoms with Gasteiger partial charge in [-0.05, 0) is 19.3 Å². The van der Waals surface area contributed by atoms with Crippen molar-refractivity contribution in [2.45, 2.75) is 206 Å². The average Bonchev–Trinajstić information content (AvgIpc) is 3.06. The predicted octanol–water partition coefficient (Wildman–Crippen LogP) is 10.6. The van der Waals surface area contributed by atoms with E-state index in [-0.39, 0.29) is 19.1 Å². The quantitative estimate of drug-likeness (QED) is 0.0283. The highest BCUT2D eigenvalue weighted by atomic mass is 31.2. The van der Waals surface area contributed by atoms with Gasteiger partial charge in [-0.2, -0.15) is 0 Å². The number of amides is 1. The van der Waals surface area contributed by atoms with Crippen LogP contribution in [-0.2, 0) is 18.4 Å². The second-order valence-electron chi connectivity index (χ2n) is 15.7. The second kappa shape index (κ2) is 34.0. The van der Waals surface area contributed by atoms with E-state index in [0.717, 1.165) is 38.5 Å². The average molecular weight is 731 g/mol. The molecule has 3 atom stereocenters. The van der Waals surface area contributed by atoms with Crippen LogP contribution in [-0.4, -0.2) is 68.5 Å². The van der Waals surface area contributed by atoms with Crippen LogP contribution >= 0.6 is 7.82 Å². The van der Waals surface area contributed by atoms with Crippen LogP contribution in [0.15, 0.2) is 12.2 Å². The van der Waals surface area contributed by atoms with Gasteiger partial charge in [0.15, 0.2) is 0 Å². The first-order valence-corrected chi connectivity index (χ1v) is 22.5. The molecule has 0 aromatic carbocycles. The summed E-state index contributed by atoms with van der Waals surface area (Å²) in [7, 11) is 1.27. The van der Waals surface area contributed by atoms with Crippen LogP contribution in [0, 0.1) is 0 Å². The molecule has 0 aromatic heterocycles. The Morgan fingerprint density at radius 3 is 1.50 bits per heavy atom. The summed E-state index contributed by atoms with van der Waals surface area (Å²) in [5.74, 6) is -0.197. The standard InChI is InChI=1S/C41H83N2O6P/c1-6-8-10-12-14-16-18-19-20-21-22-23-24-25-27-29-31-33-35-41(45)42-39(38-49-50(46,47)48-37-36-43(3,4)5)40(44)34-32-30-28-26-17-15-13-11-9-7-2/h32,34,39-40,44H,6-31,33,35-38H2,1-5H3,(H-,42,45,46,47)/b34-32+/t39-,40+/m0/s1. The summed E-state index contributed by atoms with van der Waals surface area (Å²) in [6.07, 6.45) is 36.8. The Bertz CT molecular complexity index is 834. The lowest BCUT2D eigenvalue weighted by Gasteiger charge is -2.29. The number of allylic oxidation sites excluding steroid dienone is 1. The van der Waals surface area contributed by atoms with Gasteiger partial charge in [-0.15, -0.1) is 0 Å². The van der Waals surface area contributed by atoms with Crippen molar-refractivity contribution in [1.29, 1.82) is 0 Å². The minimum Gasteiger partial charge on any atom is -0.756 e. The first-order chi connectivity index (χ1) is 24.0. The van der Waals surface area contributed by atoms with Crippen LogP contribution < -0.4 is 10.2 Å². The molecule has 0 spiro atoms. The Morgan fingerprint density at radius 1 is 0.680 bits per heavy atom.